The number of nitrogens with zero attached hydrogens (tertiary/aromatic N) is 2. The Balaban J connectivity index is 2.33. The molecule has 0 bridgehead atoms. The Hall–Kier alpha value is -1.90. The van der Waals surface area contributed by atoms with Gasteiger partial charge >= 0.3 is 0 Å². The molecule has 0 fully saturated rings. The van der Waals surface area contributed by atoms with E-state index in [1.807, 2.05) is 30.3 Å². The lowest BCUT2D eigenvalue weighted by atomic mass is 10.2. The topological polar surface area (TPSA) is 34.9 Å². The van der Waals surface area contributed by atoms with Gasteiger partial charge in [-0.05, 0) is 12.5 Å². The van der Waals surface area contributed by atoms with Crippen LogP contribution < -0.4 is 5.56 Å². The van der Waals surface area contributed by atoms with Crippen LogP contribution in [-0.4, -0.2) is 9.55 Å². The molecule has 0 radical (unpaired) electrons. The summed E-state index contributed by atoms with van der Waals surface area (Å²) in [7, 11) is 0. The molecule has 3 nitrogen and oxygen atoms in total. The lowest BCUT2D eigenvalue weighted by molar-refractivity contribution is 0.728. The minimum absolute atomic E-state index is 0.0221. The number of hydrogen-bond donors (Lipinski definition) is 0. The third-order valence-corrected chi connectivity index (χ3v) is 2.27. The van der Waals surface area contributed by atoms with Gasteiger partial charge in [0.25, 0.3) is 5.56 Å². The van der Waals surface area contributed by atoms with E-state index >= 15 is 0 Å². The van der Waals surface area contributed by atoms with Crippen LogP contribution in [0.25, 0.3) is 0 Å². The Kier molecular flexibility index (Phi) is 2.63. The first-order valence-corrected chi connectivity index (χ1v) is 4.82. The van der Waals surface area contributed by atoms with Gasteiger partial charge in [-0.2, -0.15) is 0 Å². The second-order valence-corrected chi connectivity index (χ2v) is 3.50. The summed E-state index contributed by atoms with van der Waals surface area (Å²) in [5, 5.41) is 0. The maximum atomic E-state index is 11.7. The summed E-state index contributed by atoms with van der Waals surface area (Å²) in [4.78, 5) is 15.7. The van der Waals surface area contributed by atoms with Gasteiger partial charge in [-0.15, -0.1) is 0 Å². The average Bonchev–Trinajstić information content (AvgIpc) is 2.26. The van der Waals surface area contributed by atoms with Crippen LogP contribution >= 0.6 is 0 Å². The molecule has 0 saturated heterocycles. The summed E-state index contributed by atoms with van der Waals surface area (Å²) >= 11 is 0. The quantitative estimate of drug-likeness (QED) is 0.738. The molecular formula is C12H12N2O. The molecule has 1 aromatic heterocycles. The molecule has 0 aliphatic rings. The van der Waals surface area contributed by atoms with E-state index in [4.69, 9.17) is 0 Å². The molecule has 0 unspecified atom stereocenters. The van der Waals surface area contributed by atoms with Crippen molar-refractivity contribution in [1.82, 2.24) is 9.55 Å². The van der Waals surface area contributed by atoms with Gasteiger partial charge in [0.1, 0.15) is 0 Å². The van der Waals surface area contributed by atoms with Crippen LogP contribution in [-0.2, 0) is 6.54 Å². The van der Waals surface area contributed by atoms with Crippen molar-refractivity contribution in [3.63, 3.8) is 0 Å². The van der Waals surface area contributed by atoms with Gasteiger partial charge < -0.3 is 0 Å². The van der Waals surface area contributed by atoms with Crippen LogP contribution in [0.2, 0.25) is 0 Å². The van der Waals surface area contributed by atoms with Crippen molar-refractivity contribution in [3.05, 3.63) is 64.3 Å². The average molecular weight is 200 g/mol. The first-order valence-electron chi connectivity index (χ1n) is 4.82. The fourth-order valence-electron chi connectivity index (χ4n) is 1.45. The van der Waals surface area contributed by atoms with Crippen LogP contribution in [0.15, 0.2) is 47.7 Å². The first kappa shape index (κ1) is 9.65. The van der Waals surface area contributed by atoms with Crippen molar-refractivity contribution in [2.75, 3.05) is 0 Å². The SMILES string of the molecule is Cc1cncn(Cc2ccccc2)c1=O. The van der Waals surface area contributed by atoms with Crippen molar-refractivity contribution in [2.24, 2.45) is 0 Å². The van der Waals surface area contributed by atoms with E-state index < -0.39 is 0 Å². The summed E-state index contributed by atoms with van der Waals surface area (Å²) in [6.45, 7) is 2.35. The highest BCUT2D eigenvalue weighted by Gasteiger charge is 1.99. The van der Waals surface area contributed by atoms with E-state index in [-0.39, 0.29) is 5.56 Å². The molecule has 2 aromatic rings. The van der Waals surface area contributed by atoms with Crippen LogP contribution in [0.4, 0.5) is 0 Å². The smallest absolute Gasteiger partial charge is 0.256 e. The number of benzene rings is 1. The number of hydrogen-bond acceptors (Lipinski definition) is 2. The molecule has 0 amide bonds. The molecule has 76 valence electrons. The van der Waals surface area contributed by atoms with Gasteiger partial charge in [-0.3, -0.25) is 9.36 Å². The van der Waals surface area contributed by atoms with Crippen LogP contribution in [0, 0.1) is 6.92 Å². The zero-order valence-electron chi connectivity index (χ0n) is 8.55. The third kappa shape index (κ3) is 2.13. The monoisotopic (exact) mass is 200 g/mol. The molecule has 1 aromatic carbocycles. The third-order valence-electron chi connectivity index (χ3n) is 2.27. The zero-order valence-corrected chi connectivity index (χ0v) is 8.55. The van der Waals surface area contributed by atoms with E-state index in [0.29, 0.717) is 12.1 Å². The van der Waals surface area contributed by atoms with E-state index in [9.17, 15) is 4.79 Å². The van der Waals surface area contributed by atoms with Gasteiger partial charge in [0.05, 0.1) is 12.9 Å². The summed E-state index contributed by atoms with van der Waals surface area (Å²) in [6, 6.07) is 9.87. The van der Waals surface area contributed by atoms with Crippen LogP contribution in [0.5, 0.6) is 0 Å². The molecule has 1 heterocycles. The van der Waals surface area contributed by atoms with Crippen LogP contribution in [0.3, 0.4) is 0 Å². The maximum absolute atomic E-state index is 11.7. The minimum atomic E-state index is 0.0221. The van der Waals surface area contributed by atoms with Crippen molar-refractivity contribution < 1.29 is 0 Å². The highest BCUT2D eigenvalue weighted by molar-refractivity contribution is 5.15. The summed E-state index contributed by atoms with van der Waals surface area (Å²) in [5.74, 6) is 0. The van der Waals surface area contributed by atoms with Crippen molar-refractivity contribution in [2.45, 2.75) is 13.5 Å². The van der Waals surface area contributed by atoms with Crippen molar-refractivity contribution in [3.8, 4) is 0 Å². The zero-order chi connectivity index (χ0) is 10.7. The van der Waals surface area contributed by atoms with Gasteiger partial charge in [-0.25, -0.2) is 4.98 Å². The molecule has 3 heteroatoms. The van der Waals surface area contributed by atoms with E-state index in [2.05, 4.69) is 4.98 Å². The van der Waals surface area contributed by atoms with Gasteiger partial charge in [0.2, 0.25) is 0 Å². The Labute approximate surface area is 88.0 Å². The van der Waals surface area contributed by atoms with Gasteiger partial charge in [0.15, 0.2) is 0 Å². The second kappa shape index (κ2) is 4.09. The lowest BCUT2D eigenvalue weighted by Crippen LogP contribution is -2.22. The highest BCUT2D eigenvalue weighted by Crippen LogP contribution is 1.99. The van der Waals surface area contributed by atoms with E-state index in [0.717, 1.165) is 5.56 Å². The molecule has 0 N–H and O–H groups in total. The van der Waals surface area contributed by atoms with Crippen molar-refractivity contribution in [1.29, 1.82) is 0 Å². The molecule has 2 rings (SSSR count). The molecule has 0 atom stereocenters. The van der Waals surface area contributed by atoms with E-state index in [1.165, 1.54) is 0 Å². The second-order valence-electron chi connectivity index (χ2n) is 3.50. The Morgan fingerprint density at radius 2 is 2.00 bits per heavy atom. The summed E-state index contributed by atoms with van der Waals surface area (Å²) in [6.07, 6.45) is 3.16. The molecule has 0 spiro atoms. The minimum Gasteiger partial charge on any atom is -0.295 e. The van der Waals surface area contributed by atoms with Crippen LogP contribution in [0.1, 0.15) is 11.1 Å². The molecule has 0 saturated carbocycles. The first-order chi connectivity index (χ1) is 7.27. The van der Waals surface area contributed by atoms with E-state index in [1.54, 1.807) is 24.0 Å². The fourth-order valence-corrected chi connectivity index (χ4v) is 1.45. The molecular weight excluding hydrogens is 188 g/mol. The number of aryl methyl sites for hydroxylation is 1. The normalized spacial score (nSPS) is 10.2. The lowest BCUT2D eigenvalue weighted by Gasteiger charge is -2.05. The maximum Gasteiger partial charge on any atom is 0.256 e. The van der Waals surface area contributed by atoms with Crippen molar-refractivity contribution >= 4 is 0 Å². The largest absolute Gasteiger partial charge is 0.295 e. The standard InChI is InChI=1S/C12H12N2O/c1-10-7-13-9-14(12(10)15)8-11-5-3-2-4-6-11/h2-7,9H,8H2,1H3. The van der Waals surface area contributed by atoms with Gasteiger partial charge in [-0.1, -0.05) is 30.3 Å². The summed E-state index contributed by atoms with van der Waals surface area (Å²) in [5.41, 5.74) is 1.80. The predicted octanol–water partition coefficient (Wildman–Crippen LogP) is 1.60. The molecule has 15 heavy (non-hydrogen) atoms. The van der Waals surface area contributed by atoms with Gasteiger partial charge in [0, 0.05) is 11.8 Å². The fraction of sp³-hybridized carbons (Fsp3) is 0.167. The number of rotatable bonds is 2. The highest BCUT2D eigenvalue weighted by atomic mass is 16.1. The summed E-state index contributed by atoms with van der Waals surface area (Å²) < 4.78 is 1.62. The molecule has 0 aliphatic carbocycles. The Morgan fingerprint density at radius 3 is 2.73 bits per heavy atom. The Bertz CT molecular complexity index is 503. The number of aromatic nitrogens is 2. The molecule has 0 aliphatic heterocycles. The Morgan fingerprint density at radius 1 is 1.27 bits per heavy atom. The predicted molar refractivity (Wildman–Crippen MR) is 58.8 cm³/mol.